The Morgan fingerprint density at radius 2 is 1.68 bits per heavy atom. The number of rotatable bonds is 8. The molecule has 1 N–H and O–H groups in total. The van der Waals surface area contributed by atoms with Gasteiger partial charge in [-0.2, -0.15) is 0 Å². The first kappa shape index (κ1) is 28.1. The van der Waals surface area contributed by atoms with Gasteiger partial charge in [-0.05, 0) is 45.3 Å². The van der Waals surface area contributed by atoms with Crippen molar-refractivity contribution >= 4 is 28.2 Å². The van der Waals surface area contributed by atoms with Crippen LogP contribution in [0.1, 0.15) is 49.6 Å². The van der Waals surface area contributed by atoms with Gasteiger partial charge in [-0.1, -0.05) is 67.1 Å². The van der Waals surface area contributed by atoms with Crippen LogP contribution in [0.25, 0.3) is 11.3 Å². The van der Waals surface area contributed by atoms with Crippen molar-refractivity contribution < 1.29 is 18.8 Å². The molecule has 4 saturated heterocycles. The lowest BCUT2D eigenvalue weighted by Gasteiger charge is -2.52. The number of benzene rings is 2. The molecule has 2 atom stereocenters. The summed E-state index contributed by atoms with van der Waals surface area (Å²) in [5, 5.41) is 4.91. The van der Waals surface area contributed by atoms with Crippen LogP contribution in [0.2, 0.25) is 0 Å². The molecule has 41 heavy (non-hydrogen) atoms. The second-order valence-corrected chi connectivity index (χ2v) is 13.4. The third kappa shape index (κ3) is 5.70. The van der Waals surface area contributed by atoms with E-state index in [1.165, 1.54) is 17.8 Å². The average molecular weight is 574 g/mol. The molecular weight excluding hydrogens is 532 g/mol. The normalized spacial score (nSPS) is 25.8. The van der Waals surface area contributed by atoms with E-state index < -0.39 is 5.54 Å². The number of nitrogens with one attached hydrogen (secondary N) is 1. The van der Waals surface area contributed by atoms with Crippen LogP contribution in [0.4, 0.5) is 5.00 Å². The largest absolute Gasteiger partial charge is 0.454 e. The maximum Gasteiger partial charge on any atom is 0.331 e. The molecule has 4 aliphatic rings. The number of quaternary nitrogens is 1. The molecule has 8 heteroatoms. The summed E-state index contributed by atoms with van der Waals surface area (Å²) in [7, 11) is 0. The molecule has 216 valence electrons. The summed E-state index contributed by atoms with van der Waals surface area (Å²) in [6.07, 6.45) is 5.19. The summed E-state index contributed by atoms with van der Waals surface area (Å²) in [5.74, 6) is 0.204. The van der Waals surface area contributed by atoms with Gasteiger partial charge in [0.15, 0.2) is 12.6 Å². The number of amides is 1. The van der Waals surface area contributed by atoms with E-state index >= 15 is 0 Å². The Morgan fingerprint density at radius 1 is 1.02 bits per heavy atom. The van der Waals surface area contributed by atoms with Crippen molar-refractivity contribution in [1.29, 1.82) is 0 Å². The lowest BCUT2D eigenvalue weighted by molar-refractivity contribution is -0.939. The van der Waals surface area contributed by atoms with Crippen LogP contribution in [-0.4, -0.2) is 71.6 Å². The number of hydrogen-bond acceptors (Lipinski definition) is 6. The van der Waals surface area contributed by atoms with E-state index in [9.17, 15) is 9.59 Å². The standard InChI is InChI=1S/C33H40N4O3S/c1-24-34-30(26-12-6-3-7-13-26)31(41-24)35-29(38)23-37-20-16-25(17-21-37)28(22-37)40-32(39)33(2,27-14-8-4-9-15-27)36-18-10-5-11-19-36/h3-4,6-9,12-15,25,28H,5,10-11,16-23H2,1-2H3/p+1/t25?,28-,33-,37?/m0/s1. The Hall–Kier alpha value is -3.07. The number of esters is 1. The fourth-order valence-corrected chi connectivity index (χ4v) is 7.99. The molecule has 7 rings (SSSR count). The molecule has 1 amide bonds. The minimum atomic E-state index is -0.812. The van der Waals surface area contributed by atoms with Gasteiger partial charge in [0, 0.05) is 24.3 Å². The van der Waals surface area contributed by atoms with Gasteiger partial charge in [-0.25, -0.2) is 9.78 Å². The van der Waals surface area contributed by atoms with E-state index in [1.807, 2.05) is 62.4 Å². The van der Waals surface area contributed by atoms with Crippen molar-refractivity contribution in [3.8, 4) is 11.3 Å². The fourth-order valence-electron chi connectivity index (χ4n) is 7.14. The van der Waals surface area contributed by atoms with Gasteiger partial charge >= 0.3 is 5.97 Å². The van der Waals surface area contributed by atoms with Gasteiger partial charge < -0.3 is 14.5 Å². The van der Waals surface area contributed by atoms with Crippen LogP contribution in [-0.2, 0) is 19.9 Å². The summed E-state index contributed by atoms with van der Waals surface area (Å²) in [5.41, 5.74) is 2.00. The molecule has 4 fully saturated rings. The lowest BCUT2D eigenvalue weighted by Crippen LogP contribution is -2.66. The van der Waals surface area contributed by atoms with E-state index in [2.05, 4.69) is 22.3 Å². The molecule has 2 aromatic carbocycles. The van der Waals surface area contributed by atoms with E-state index in [-0.39, 0.29) is 18.0 Å². The summed E-state index contributed by atoms with van der Waals surface area (Å²) in [6, 6.07) is 20.1. The third-order valence-corrected chi connectivity index (χ3v) is 10.4. The smallest absolute Gasteiger partial charge is 0.331 e. The first-order valence-electron chi connectivity index (χ1n) is 15.1. The minimum Gasteiger partial charge on any atom is -0.454 e. The number of piperidine rings is 4. The molecule has 0 spiro atoms. The van der Waals surface area contributed by atoms with Crippen LogP contribution in [0.5, 0.6) is 0 Å². The molecule has 7 nitrogen and oxygen atoms in total. The van der Waals surface area contributed by atoms with Crippen molar-refractivity contribution in [2.45, 2.75) is 57.6 Å². The van der Waals surface area contributed by atoms with Crippen molar-refractivity contribution in [1.82, 2.24) is 9.88 Å². The van der Waals surface area contributed by atoms with Crippen LogP contribution in [0, 0.1) is 12.8 Å². The molecule has 1 aromatic heterocycles. The summed E-state index contributed by atoms with van der Waals surface area (Å²) >= 11 is 1.52. The number of fused-ring (bicyclic) bond motifs is 3. The lowest BCUT2D eigenvalue weighted by atomic mass is 9.82. The number of nitrogens with zero attached hydrogens (tertiary/aromatic N) is 3. The Morgan fingerprint density at radius 3 is 2.37 bits per heavy atom. The fraction of sp³-hybridized carbons (Fsp3) is 0.485. The van der Waals surface area contributed by atoms with Gasteiger partial charge in [-0.3, -0.25) is 9.69 Å². The van der Waals surface area contributed by atoms with Crippen molar-refractivity contribution in [3.05, 3.63) is 71.2 Å². The second kappa shape index (κ2) is 11.7. The van der Waals surface area contributed by atoms with E-state index in [0.717, 1.165) is 78.7 Å². The maximum absolute atomic E-state index is 14.1. The van der Waals surface area contributed by atoms with Gasteiger partial charge in [0.05, 0.1) is 18.1 Å². The molecule has 3 aromatic rings. The second-order valence-electron chi connectivity index (χ2n) is 12.2. The summed E-state index contributed by atoms with van der Waals surface area (Å²) in [6.45, 7) is 8.78. The summed E-state index contributed by atoms with van der Waals surface area (Å²) in [4.78, 5) is 34.6. The monoisotopic (exact) mass is 573 g/mol. The molecule has 0 unspecified atom stereocenters. The number of aromatic nitrogens is 1. The maximum atomic E-state index is 14.1. The quantitative estimate of drug-likeness (QED) is 0.280. The Labute approximate surface area is 247 Å². The number of anilines is 1. The van der Waals surface area contributed by atoms with E-state index in [4.69, 9.17) is 9.72 Å². The van der Waals surface area contributed by atoms with Crippen LogP contribution in [0.3, 0.4) is 0 Å². The molecule has 4 aliphatic heterocycles. The first-order valence-corrected chi connectivity index (χ1v) is 15.9. The highest BCUT2D eigenvalue weighted by Gasteiger charge is 2.51. The predicted octanol–water partition coefficient (Wildman–Crippen LogP) is 5.61. The van der Waals surface area contributed by atoms with E-state index in [0.29, 0.717) is 23.5 Å². The predicted molar refractivity (Wildman–Crippen MR) is 162 cm³/mol. The number of aryl methyl sites for hydroxylation is 1. The molecule has 2 bridgehead atoms. The highest BCUT2D eigenvalue weighted by Crippen LogP contribution is 2.39. The number of carbonyl (C=O) groups excluding carboxylic acids is 2. The molecule has 0 saturated carbocycles. The van der Waals surface area contributed by atoms with E-state index in [1.54, 1.807) is 0 Å². The number of thiazole rings is 1. The van der Waals surface area contributed by atoms with Gasteiger partial charge in [0.25, 0.3) is 5.91 Å². The zero-order valence-corrected chi connectivity index (χ0v) is 25.0. The summed E-state index contributed by atoms with van der Waals surface area (Å²) < 4.78 is 7.14. The Bertz CT molecular complexity index is 1360. The Kier molecular flexibility index (Phi) is 7.99. The molecule has 0 aliphatic carbocycles. The highest BCUT2D eigenvalue weighted by molar-refractivity contribution is 7.16. The molecule has 5 heterocycles. The van der Waals surface area contributed by atoms with Crippen molar-refractivity contribution in [2.75, 3.05) is 44.6 Å². The van der Waals surface area contributed by atoms with Gasteiger partial charge in [-0.15, -0.1) is 11.3 Å². The van der Waals surface area contributed by atoms with Gasteiger partial charge in [0.2, 0.25) is 0 Å². The number of carbonyl (C=O) groups is 2. The zero-order valence-electron chi connectivity index (χ0n) is 24.2. The van der Waals surface area contributed by atoms with Crippen LogP contribution < -0.4 is 5.32 Å². The topological polar surface area (TPSA) is 71.5 Å². The zero-order chi connectivity index (χ0) is 28.5. The van der Waals surface area contributed by atoms with Gasteiger partial charge in [0.1, 0.15) is 22.8 Å². The highest BCUT2D eigenvalue weighted by atomic mass is 32.1. The van der Waals surface area contributed by atoms with Crippen molar-refractivity contribution in [3.63, 3.8) is 0 Å². The number of hydrogen-bond donors (Lipinski definition) is 1. The van der Waals surface area contributed by atoms with Crippen LogP contribution in [0.15, 0.2) is 60.7 Å². The Balaban J connectivity index is 1.16. The average Bonchev–Trinajstić information content (AvgIpc) is 3.37. The number of ether oxygens (including phenoxy) is 1. The SMILES string of the molecule is Cc1nc(-c2ccccc2)c(NC(=O)C[N+]23CCC(CC2)[C@@H](OC(=O)[C@](C)(c2ccccc2)N2CCCCC2)C3)s1. The minimum absolute atomic E-state index is 0.00121. The third-order valence-electron chi connectivity index (χ3n) is 9.54. The molecular formula is C33H41N4O3S+. The number of likely N-dealkylation sites (tertiary alicyclic amines) is 1. The molecule has 0 radical (unpaired) electrons. The first-order chi connectivity index (χ1) is 19.9. The van der Waals surface area contributed by atoms with Crippen LogP contribution >= 0.6 is 11.3 Å². The van der Waals surface area contributed by atoms with Crippen molar-refractivity contribution in [2.24, 2.45) is 5.92 Å².